The second-order valence-electron chi connectivity index (χ2n) is 3.93. The lowest BCUT2D eigenvalue weighted by atomic mass is 10.1. The fourth-order valence-electron chi connectivity index (χ4n) is 1.83. The molecule has 5 heteroatoms. The molecule has 0 spiro atoms. The number of amides is 1. The van der Waals surface area contributed by atoms with E-state index in [4.69, 9.17) is 5.26 Å². The molecule has 0 radical (unpaired) electrons. The summed E-state index contributed by atoms with van der Waals surface area (Å²) in [6.07, 6.45) is 1.75. The Labute approximate surface area is 108 Å². The van der Waals surface area contributed by atoms with Crippen molar-refractivity contribution in [1.82, 2.24) is 5.32 Å². The molecular formula is C12H12BrN3O. The van der Waals surface area contributed by atoms with Gasteiger partial charge in [0.1, 0.15) is 12.1 Å². The van der Waals surface area contributed by atoms with Crippen molar-refractivity contribution in [2.24, 2.45) is 0 Å². The van der Waals surface area contributed by atoms with E-state index in [9.17, 15) is 4.79 Å². The number of nitrogens with one attached hydrogen (secondary N) is 2. The first kappa shape index (κ1) is 11.9. The summed E-state index contributed by atoms with van der Waals surface area (Å²) in [4.78, 5) is 11.6. The lowest BCUT2D eigenvalue weighted by Crippen LogP contribution is -2.44. The lowest BCUT2D eigenvalue weighted by molar-refractivity contribution is -0.123. The van der Waals surface area contributed by atoms with Crippen molar-refractivity contribution in [2.75, 3.05) is 11.9 Å². The molecule has 1 aromatic carbocycles. The number of nitriles is 1. The van der Waals surface area contributed by atoms with Crippen molar-refractivity contribution >= 4 is 27.5 Å². The van der Waals surface area contributed by atoms with E-state index < -0.39 is 0 Å². The quantitative estimate of drug-likeness (QED) is 0.877. The predicted molar refractivity (Wildman–Crippen MR) is 68.5 cm³/mol. The Balaban J connectivity index is 2.20. The summed E-state index contributed by atoms with van der Waals surface area (Å²) in [6.45, 7) is 0.737. The number of carbonyl (C=O) groups excluding carboxylic acids is 1. The Morgan fingerprint density at radius 3 is 3.06 bits per heavy atom. The Kier molecular flexibility index (Phi) is 3.64. The topological polar surface area (TPSA) is 64.9 Å². The minimum absolute atomic E-state index is 0.000107. The standard InChI is InChI=1S/C12H12BrN3O/c13-9-4-3-8(7-14)11(6-9)16-10-2-1-5-15-12(10)17/h3-4,6,10,16H,1-2,5H2,(H,15,17). The van der Waals surface area contributed by atoms with Crippen molar-refractivity contribution in [1.29, 1.82) is 5.26 Å². The first-order valence-electron chi connectivity index (χ1n) is 5.44. The van der Waals surface area contributed by atoms with E-state index in [1.54, 1.807) is 6.07 Å². The van der Waals surface area contributed by atoms with Crippen molar-refractivity contribution < 1.29 is 4.79 Å². The zero-order valence-electron chi connectivity index (χ0n) is 9.16. The van der Waals surface area contributed by atoms with Gasteiger partial charge in [0.05, 0.1) is 11.3 Å². The molecule has 0 aromatic heterocycles. The van der Waals surface area contributed by atoms with Gasteiger partial charge in [0.25, 0.3) is 0 Å². The number of carbonyl (C=O) groups is 1. The highest BCUT2D eigenvalue weighted by Crippen LogP contribution is 2.22. The Morgan fingerprint density at radius 1 is 1.53 bits per heavy atom. The number of hydrogen-bond acceptors (Lipinski definition) is 3. The van der Waals surface area contributed by atoms with Crippen LogP contribution in [0.15, 0.2) is 22.7 Å². The van der Waals surface area contributed by atoms with Crippen LogP contribution >= 0.6 is 15.9 Å². The lowest BCUT2D eigenvalue weighted by Gasteiger charge is -2.24. The molecule has 1 saturated heterocycles. The van der Waals surface area contributed by atoms with E-state index in [1.807, 2.05) is 12.1 Å². The normalized spacial score (nSPS) is 19.3. The largest absolute Gasteiger partial charge is 0.373 e. The van der Waals surface area contributed by atoms with Crippen LogP contribution in [-0.2, 0) is 4.79 Å². The smallest absolute Gasteiger partial charge is 0.242 e. The van der Waals surface area contributed by atoms with Crippen LogP contribution in [0.3, 0.4) is 0 Å². The highest BCUT2D eigenvalue weighted by Gasteiger charge is 2.22. The fourth-order valence-corrected chi connectivity index (χ4v) is 2.19. The third-order valence-corrected chi connectivity index (χ3v) is 3.21. The van der Waals surface area contributed by atoms with E-state index in [0.29, 0.717) is 11.3 Å². The molecule has 1 atom stereocenters. The molecule has 1 unspecified atom stereocenters. The van der Waals surface area contributed by atoms with Gasteiger partial charge in [-0.3, -0.25) is 4.79 Å². The first-order valence-corrected chi connectivity index (χ1v) is 6.24. The second kappa shape index (κ2) is 5.19. The molecule has 1 aliphatic rings. The van der Waals surface area contributed by atoms with Gasteiger partial charge < -0.3 is 10.6 Å². The number of halogens is 1. The van der Waals surface area contributed by atoms with Gasteiger partial charge in [0, 0.05) is 11.0 Å². The molecule has 88 valence electrons. The van der Waals surface area contributed by atoms with Crippen molar-refractivity contribution in [2.45, 2.75) is 18.9 Å². The molecule has 2 rings (SSSR count). The van der Waals surface area contributed by atoms with Crippen molar-refractivity contribution in [3.8, 4) is 6.07 Å². The molecule has 2 N–H and O–H groups in total. The highest BCUT2D eigenvalue weighted by molar-refractivity contribution is 9.10. The predicted octanol–water partition coefficient (Wildman–Crippen LogP) is 2.01. The molecular weight excluding hydrogens is 282 g/mol. The van der Waals surface area contributed by atoms with E-state index in [-0.39, 0.29) is 11.9 Å². The van der Waals surface area contributed by atoms with Gasteiger partial charge in [-0.2, -0.15) is 5.26 Å². The van der Waals surface area contributed by atoms with E-state index in [0.717, 1.165) is 23.9 Å². The third kappa shape index (κ3) is 2.77. The molecule has 1 heterocycles. The Hall–Kier alpha value is -1.54. The molecule has 0 bridgehead atoms. The molecule has 0 aliphatic carbocycles. The number of piperidine rings is 1. The molecule has 4 nitrogen and oxygen atoms in total. The fraction of sp³-hybridized carbons (Fsp3) is 0.333. The SMILES string of the molecule is N#Cc1ccc(Br)cc1NC1CCCNC1=O. The average molecular weight is 294 g/mol. The first-order chi connectivity index (χ1) is 8.20. The van der Waals surface area contributed by atoms with Crippen LogP contribution < -0.4 is 10.6 Å². The average Bonchev–Trinajstić information content (AvgIpc) is 2.32. The maximum Gasteiger partial charge on any atom is 0.242 e. The van der Waals surface area contributed by atoms with Crippen LogP contribution in [0.5, 0.6) is 0 Å². The number of nitrogens with zero attached hydrogens (tertiary/aromatic N) is 1. The maximum absolute atomic E-state index is 11.6. The van der Waals surface area contributed by atoms with Crippen LogP contribution in [0.1, 0.15) is 18.4 Å². The van der Waals surface area contributed by atoms with Gasteiger partial charge in [-0.15, -0.1) is 0 Å². The minimum atomic E-state index is -0.245. The molecule has 1 aliphatic heterocycles. The van der Waals surface area contributed by atoms with Gasteiger partial charge in [0.15, 0.2) is 0 Å². The number of anilines is 1. The Bertz CT molecular complexity index is 481. The van der Waals surface area contributed by atoms with Crippen LogP contribution in [0.25, 0.3) is 0 Å². The minimum Gasteiger partial charge on any atom is -0.373 e. The van der Waals surface area contributed by atoms with Crippen LogP contribution in [0.4, 0.5) is 5.69 Å². The molecule has 1 aromatic rings. The molecule has 1 fully saturated rings. The maximum atomic E-state index is 11.6. The van der Waals surface area contributed by atoms with Gasteiger partial charge in [-0.05, 0) is 31.0 Å². The summed E-state index contributed by atoms with van der Waals surface area (Å²) >= 11 is 3.36. The summed E-state index contributed by atoms with van der Waals surface area (Å²) in [5, 5.41) is 14.9. The van der Waals surface area contributed by atoms with E-state index in [1.165, 1.54) is 0 Å². The second-order valence-corrected chi connectivity index (χ2v) is 4.85. The molecule has 1 amide bonds. The summed E-state index contributed by atoms with van der Waals surface area (Å²) in [5.74, 6) is 0.000107. The third-order valence-electron chi connectivity index (χ3n) is 2.72. The summed E-state index contributed by atoms with van der Waals surface area (Å²) < 4.78 is 0.884. The van der Waals surface area contributed by atoms with Gasteiger partial charge in [-0.1, -0.05) is 15.9 Å². The highest BCUT2D eigenvalue weighted by atomic mass is 79.9. The number of benzene rings is 1. The number of rotatable bonds is 2. The van der Waals surface area contributed by atoms with Crippen LogP contribution in [0, 0.1) is 11.3 Å². The summed E-state index contributed by atoms with van der Waals surface area (Å²) in [5.41, 5.74) is 1.25. The monoisotopic (exact) mass is 293 g/mol. The van der Waals surface area contributed by atoms with Crippen LogP contribution in [-0.4, -0.2) is 18.5 Å². The summed E-state index contributed by atoms with van der Waals surface area (Å²) in [7, 11) is 0. The Morgan fingerprint density at radius 2 is 2.35 bits per heavy atom. The molecule has 0 saturated carbocycles. The van der Waals surface area contributed by atoms with E-state index in [2.05, 4.69) is 32.6 Å². The summed E-state index contributed by atoms with van der Waals surface area (Å²) in [6, 6.07) is 7.23. The zero-order valence-corrected chi connectivity index (χ0v) is 10.8. The van der Waals surface area contributed by atoms with Crippen molar-refractivity contribution in [3.05, 3.63) is 28.2 Å². The van der Waals surface area contributed by atoms with E-state index >= 15 is 0 Å². The zero-order chi connectivity index (χ0) is 12.3. The van der Waals surface area contributed by atoms with Gasteiger partial charge in [0.2, 0.25) is 5.91 Å². The van der Waals surface area contributed by atoms with Crippen molar-refractivity contribution in [3.63, 3.8) is 0 Å². The number of hydrogen-bond donors (Lipinski definition) is 2. The molecule has 17 heavy (non-hydrogen) atoms. The van der Waals surface area contributed by atoms with Gasteiger partial charge in [-0.25, -0.2) is 0 Å². The van der Waals surface area contributed by atoms with Crippen LogP contribution in [0.2, 0.25) is 0 Å². The van der Waals surface area contributed by atoms with Gasteiger partial charge >= 0.3 is 0 Å².